The summed E-state index contributed by atoms with van der Waals surface area (Å²) in [5, 5.41) is 14.9. The summed E-state index contributed by atoms with van der Waals surface area (Å²) in [4.78, 5) is 19.8. The number of amides is 1. The molecule has 1 saturated heterocycles. The topological polar surface area (TPSA) is 92.1 Å². The van der Waals surface area contributed by atoms with E-state index in [0.717, 1.165) is 42.7 Å². The fourth-order valence-electron chi connectivity index (χ4n) is 3.63. The molecular weight excluding hydrogens is 330 g/mol. The van der Waals surface area contributed by atoms with Crippen molar-refractivity contribution in [2.45, 2.75) is 25.3 Å². The van der Waals surface area contributed by atoms with Crippen LogP contribution < -0.4 is 0 Å². The minimum Gasteiger partial charge on any atom is -0.330 e. The van der Waals surface area contributed by atoms with Crippen molar-refractivity contribution >= 4 is 22.6 Å². The molecule has 130 valence electrons. The van der Waals surface area contributed by atoms with E-state index in [1.807, 2.05) is 35.4 Å². The first-order valence-corrected chi connectivity index (χ1v) is 8.71. The Kier molecular flexibility index (Phi) is 3.41. The number of aromatic nitrogens is 6. The molecule has 0 spiro atoms. The van der Waals surface area contributed by atoms with Gasteiger partial charge >= 0.3 is 0 Å². The third-order valence-electron chi connectivity index (χ3n) is 4.95. The van der Waals surface area contributed by atoms with Gasteiger partial charge in [0.25, 0.3) is 5.91 Å². The number of hydrogen-bond acceptors (Lipinski definition) is 5. The maximum atomic E-state index is 13.2. The van der Waals surface area contributed by atoms with Gasteiger partial charge in [0.1, 0.15) is 11.0 Å². The third kappa shape index (κ3) is 2.42. The second kappa shape index (κ2) is 5.91. The average molecular weight is 347 g/mol. The van der Waals surface area contributed by atoms with Gasteiger partial charge in [-0.25, -0.2) is 9.50 Å². The number of carbonyl (C=O) groups is 1. The number of H-pyrrole nitrogens is 1. The SMILES string of the molecule is O=C(c1ccc2n[nH]nc2c1)N1CCCC[C@@H]1c1ccn2nccc2n1. The normalized spacial score (nSPS) is 17.8. The molecule has 1 aromatic carbocycles. The summed E-state index contributed by atoms with van der Waals surface area (Å²) >= 11 is 0. The summed E-state index contributed by atoms with van der Waals surface area (Å²) in [6, 6.07) is 9.23. The second-order valence-electron chi connectivity index (χ2n) is 6.52. The Bertz CT molecular complexity index is 1100. The molecule has 1 amide bonds. The fourth-order valence-corrected chi connectivity index (χ4v) is 3.63. The molecule has 1 N–H and O–H groups in total. The number of nitrogens with one attached hydrogen (secondary N) is 1. The Hall–Kier alpha value is -3.29. The lowest BCUT2D eigenvalue weighted by Crippen LogP contribution is -2.38. The molecule has 1 aliphatic rings. The van der Waals surface area contributed by atoms with Gasteiger partial charge in [0.15, 0.2) is 5.65 Å². The van der Waals surface area contributed by atoms with Crippen LogP contribution >= 0.6 is 0 Å². The Morgan fingerprint density at radius 1 is 1.12 bits per heavy atom. The maximum Gasteiger partial charge on any atom is 0.254 e. The predicted molar refractivity (Wildman–Crippen MR) is 94.5 cm³/mol. The highest BCUT2D eigenvalue weighted by Crippen LogP contribution is 2.31. The van der Waals surface area contributed by atoms with Crippen molar-refractivity contribution in [3.8, 4) is 0 Å². The van der Waals surface area contributed by atoms with Crippen molar-refractivity contribution in [3.05, 3.63) is 54.0 Å². The van der Waals surface area contributed by atoms with E-state index < -0.39 is 0 Å². The molecule has 0 bridgehead atoms. The van der Waals surface area contributed by atoms with E-state index in [1.165, 1.54) is 0 Å². The fraction of sp³-hybridized carbons (Fsp3) is 0.278. The van der Waals surface area contributed by atoms with Gasteiger partial charge < -0.3 is 4.90 Å². The molecule has 8 nitrogen and oxygen atoms in total. The van der Waals surface area contributed by atoms with Gasteiger partial charge in [0.05, 0.1) is 17.9 Å². The van der Waals surface area contributed by atoms with Gasteiger partial charge in [0.2, 0.25) is 0 Å². The second-order valence-corrected chi connectivity index (χ2v) is 6.52. The van der Waals surface area contributed by atoms with Crippen molar-refractivity contribution in [1.82, 2.24) is 34.9 Å². The molecule has 1 fully saturated rings. The largest absolute Gasteiger partial charge is 0.330 e. The number of fused-ring (bicyclic) bond motifs is 2. The van der Waals surface area contributed by atoms with Gasteiger partial charge in [-0.2, -0.15) is 20.5 Å². The highest BCUT2D eigenvalue weighted by Gasteiger charge is 2.30. The number of aromatic amines is 1. The van der Waals surface area contributed by atoms with Crippen LogP contribution in [0.3, 0.4) is 0 Å². The molecule has 8 heteroatoms. The lowest BCUT2D eigenvalue weighted by Gasteiger charge is -2.35. The van der Waals surface area contributed by atoms with E-state index in [0.29, 0.717) is 11.1 Å². The van der Waals surface area contributed by atoms with E-state index in [-0.39, 0.29) is 11.9 Å². The van der Waals surface area contributed by atoms with Crippen molar-refractivity contribution in [1.29, 1.82) is 0 Å². The number of benzene rings is 1. The maximum absolute atomic E-state index is 13.2. The first kappa shape index (κ1) is 15.0. The number of hydrogen-bond donors (Lipinski definition) is 1. The molecule has 4 aromatic rings. The van der Waals surface area contributed by atoms with Crippen LogP contribution in [0.2, 0.25) is 0 Å². The van der Waals surface area contributed by atoms with E-state index in [9.17, 15) is 4.79 Å². The summed E-state index contributed by atoms with van der Waals surface area (Å²) in [5.41, 5.74) is 3.79. The molecule has 3 aromatic heterocycles. The number of likely N-dealkylation sites (tertiary alicyclic amines) is 1. The summed E-state index contributed by atoms with van der Waals surface area (Å²) in [6.45, 7) is 0.729. The van der Waals surface area contributed by atoms with E-state index in [4.69, 9.17) is 4.98 Å². The Morgan fingerprint density at radius 3 is 3.00 bits per heavy atom. The standard InChI is InChI=1S/C18H17N7O/c26-18(12-4-5-13-15(11-12)22-23-21-13)24-9-2-1-3-16(24)14-7-10-25-17(20-14)6-8-19-25/h4-8,10-11,16H,1-3,9H2,(H,21,22,23)/t16-/m1/s1. The number of rotatable bonds is 2. The minimum atomic E-state index is -0.0239. The van der Waals surface area contributed by atoms with Crippen LogP contribution in [-0.2, 0) is 0 Å². The molecular formula is C18H17N7O. The average Bonchev–Trinajstić information content (AvgIpc) is 3.35. The molecule has 5 rings (SSSR count). The number of nitrogens with zero attached hydrogens (tertiary/aromatic N) is 6. The van der Waals surface area contributed by atoms with Crippen LogP contribution in [0.5, 0.6) is 0 Å². The molecule has 26 heavy (non-hydrogen) atoms. The zero-order chi connectivity index (χ0) is 17.5. The Morgan fingerprint density at radius 2 is 2.04 bits per heavy atom. The zero-order valence-corrected chi connectivity index (χ0v) is 14.0. The van der Waals surface area contributed by atoms with Gasteiger partial charge in [-0.05, 0) is 43.5 Å². The van der Waals surface area contributed by atoms with Crippen LogP contribution in [0, 0.1) is 0 Å². The molecule has 4 heterocycles. The first-order chi connectivity index (χ1) is 12.8. The van der Waals surface area contributed by atoms with Gasteiger partial charge in [0, 0.05) is 24.4 Å². The van der Waals surface area contributed by atoms with Crippen LogP contribution in [0.25, 0.3) is 16.7 Å². The van der Waals surface area contributed by atoms with Crippen LogP contribution in [0.4, 0.5) is 0 Å². The van der Waals surface area contributed by atoms with Crippen molar-refractivity contribution in [3.63, 3.8) is 0 Å². The van der Waals surface area contributed by atoms with Crippen LogP contribution in [0.1, 0.15) is 41.4 Å². The van der Waals surface area contributed by atoms with Crippen molar-refractivity contribution in [2.75, 3.05) is 6.54 Å². The van der Waals surface area contributed by atoms with E-state index in [2.05, 4.69) is 20.5 Å². The molecule has 1 atom stereocenters. The molecule has 0 saturated carbocycles. The summed E-state index contributed by atoms with van der Waals surface area (Å²) in [6.07, 6.45) is 6.63. The molecule has 0 unspecified atom stereocenters. The van der Waals surface area contributed by atoms with Gasteiger partial charge in [-0.15, -0.1) is 0 Å². The van der Waals surface area contributed by atoms with Crippen molar-refractivity contribution in [2.24, 2.45) is 0 Å². The summed E-state index contributed by atoms with van der Waals surface area (Å²) in [7, 11) is 0. The first-order valence-electron chi connectivity index (χ1n) is 8.71. The van der Waals surface area contributed by atoms with Crippen molar-refractivity contribution < 1.29 is 4.79 Å². The van der Waals surface area contributed by atoms with Crippen LogP contribution in [-0.4, -0.2) is 47.4 Å². The highest BCUT2D eigenvalue weighted by atomic mass is 16.2. The Labute approximate surface area is 148 Å². The smallest absolute Gasteiger partial charge is 0.254 e. The number of piperidine rings is 1. The molecule has 0 radical (unpaired) electrons. The minimum absolute atomic E-state index is 0.00906. The van der Waals surface area contributed by atoms with Crippen LogP contribution in [0.15, 0.2) is 42.7 Å². The summed E-state index contributed by atoms with van der Waals surface area (Å²) < 4.78 is 1.73. The lowest BCUT2D eigenvalue weighted by molar-refractivity contribution is 0.0606. The third-order valence-corrected chi connectivity index (χ3v) is 4.95. The highest BCUT2D eigenvalue weighted by molar-refractivity contribution is 5.97. The van der Waals surface area contributed by atoms with Gasteiger partial charge in [-0.3, -0.25) is 4.79 Å². The van der Waals surface area contributed by atoms with E-state index >= 15 is 0 Å². The zero-order valence-electron chi connectivity index (χ0n) is 14.0. The quantitative estimate of drug-likeness (QED) is 0.601. The van der Waals surface area contributed by atoms with E-state index in [1.54, 1.807) is 16.8 Å². The monoisotopic (exact) mass is 347 g/mol. The number of carbonyl (C=O) groups excluding carboxylic acids is 1. The predicted octanol–water partition coefficient (Wildman–Crippen LogP) is 2.37. The summed E-state index contributed by atoms with van der Waals surface area (Å²) in [5.74, 6) is 0.00906. The lowest BCUT2D eigenvalue weighted by atomic mass is 9.98. The molecule has 1 aliphatic heterocycles. The van der Waals surface area contributed by atoms with Gasteiger partial charge in [-0.1, -0.05) is 0 Å². The Balaban J connectivity index is 1.51. The molecule has 0 aliphatic carbocycles.